The molecule has 138 valence electrons. The molecular weight excluding hydrogens is 412 g/mol. The molecule has 0 amide bonds. The lowest BCUT2D eigenvalue weighted by atomic mass is 9.96. The first-order valence-electron chi connectivity index (χ1n) is 9.16. The standard InChI is InChI=1S/C20H23BrN2O2S/c21-15-11-9-14(10-12-15)19-22-20(26)16-6-3-4-7-17(16)23(19)13-5-1-2-8-18(24)25/h9-12H,1-8,13H2,(H,24,25). The number of hydrogen-bond donors (Lipinski definition) is 1. The van der Waals surface area contributed by atoms with Crippen LogP contribution in [0.1, 0.15) is 49.8 Å². The Morgan fingerprint density at radius 2 is 1.88 bits per heavy atom. The summed E-state index contributed by atoms with van der Waals surface area (Å²) in [6, 6.07) is 8.18. The van der Waals surface area contributed by atoms with Gasteiger partial charge in [-0.2, -0.15) is 0 Å². The van der Waals surface area contributed by atoms with Crippen LogP contribution in [0.5, 0.6) is 0 Å². The number of carboxylic acids is 1. The van der Waals surface area contributed by atoms with Crippen LogP contribution >= 0.6 is 28.1 Å². The van der Waals surface area contributed by atoms with Crippen LogP contribution in [0.2, 0.25) is 0 Å². The first kappa shape index (κ1) is 19.2. The van der Waals surface area contributed by atoms with E-state index in [-0.39, 0.29) is 6.42 Å². The van der Waals surface area contributed by atoms with E-state index in [9.17, 15) is 4.79 Å². The van der Waals surface area contributed by atoms with E-state index < -0.39 is 5.97 Å². The molecule has 0 saturated heterocycles. The summed E-state index contributed by atoms with van der Waals surface area (Å²) in [7, 11) is 0. The summed E-state index contributed by atoms with van der Waals surface area (Å²) < 4.78 is 4.10. The Morgan fingerprint density at radius 3 is 2.62 bits per heavy atom. The number of benzene rings is 1. The van der Waals surface area contributed by atoms with Gasteiger partial charge in [-0.15, -0.1) is 0 Å². The van der Waals surface area contributed by atoms with Crippen molar-refractivity contribution in [2.45, 2.75) is 57.9 Å². The highest BCUT2D eigenvalue weighted by Gasteiger charge is 2.19. The van der Waals surface area contributed by atoms with Crippen LogP contribution in [-0.4, -0.2) is 20.6 Å². The van der Waals surface area contributed by atoms with E-state index in [1.54, 1.807) is 0 Å². The van der Waals surface area contributed by atoms with E-state index >= 15 is 0 Å². The van der Waals surface area contributed by atoms with Gasteiger partial charge in [0.15, 0.2) is 0 Å². The van der Waals surface area contributed by atoms with E-state index in [0.29, 0.717) is 0 Å². The summed E-state index contributed by atoms with van der Waals surface area (Å²) in [5.41, 5.74) is 3.63. The van der Waals surface area contributed by atoms with Crippen molar-refractivity contribution < 1.29 is 9.90 Å². The lowest BCUT2D eigenvalue weighted by Gasteiger charge is -2.24. The Kier molecular flexibility index (Phi) is 6.59. The van der Waals surface area contributed by atoms with Gasteiger partial charge in [-0.05, 0) is 50.7 Å². The number of hydrogen-bond acceptors (Lipinski definition) is 3. The quantitative estimate of drug-likeness (QED) is 0.457. The number of halogens is 1. The maximum Gasteiger partial charge on any atom is 0.303 e. The molecule has 0 aliphatic heterocycles. The average molecular weight is 435 g/mol. The predicted octanol–water partition coefficient (Wildman–Crippen LogP) is 5.57. The first-order chi connectivity index (χ1) is 12.6. The molecule has 2 aromatic rings. The molecule has 0 atom stereocenters. The molecule has 0 saturated carbocycles. The monoisotopic (exact) mass is 434 g/mol. The van der Waals surface area contributed by atoms with E-state index in [1.165, 1.54) is 24.1 Å². The Balaban J connectivity index is 1.92. The van der Waals surface area contributed by atoms with Gasteiger partial charge in [0.05, 0.1) is 0 Å². The summed E-state index contributed by atoms with van der Waals surface area (Å²) in [6.07, 6.45) is 7.24. The number of unbranched alkanes of at least 4 members (excludes halogenated alkanes) is 2. The second-order valence-corrected chi connectivity index (χ2v) is 8.04. The van der Waals surface area contributed by atoms with Gasteiger partial charge in [-0.1, -0.05) is 46.7 Å². The van der Waals surface area contributed by atoms with Gasteiger partial charge >= 0.3 is 5.97 Å². The summed E-state index contributed by atoms with van der Waals surface area (Å²) in [6.45, 7) is 0.857. The Hall–Kier alpha value is -1.53. The molecule has 4 nitrogen and oxygen atoms in total. The van der Waals surface area contributed by atoms with Gasteiger partial charge in [-0.25, -0.2) is 4.98 Å². The zero-order chi connectivity index (χ0) is 18.5. The predicted molar refractivity (Wildman–Crippen MR) is 109 cm³/mol. The number of rotatable bonds is 7. The van der Waals surface area contributed by atoms with E-state index in [1.807, 2.05) is 12.1 Å². The highest BCUT2D eigenvalue weighted by atomic mass is 79.9. The van der Waals surface area contributed by atoms with Crippen molar-refractivity contribution in [1.82, 2.24) is 9.55 Å². The van der Waals surface area contributed by atoms with Gasteiger partial charge in [0.25, 0.3) is 0 Å². The second kappa shape index (κ2) is 8.91. The van der Waals surface area contributed by atoms with Crippen LogP contribution in [0.25, 0.3) is 11.4 Å². The molecule has 0 radical (unpaired) electrons. The van der Waals surface area contributed by atoms with E-state index in [2.05, 4.69) is 32.6 Å². The van der Waals surface area contributed by atoms with Crippen LogP contribution in [-0.2, 0) is 24.2 Å². The molecule has 1 aromatic carbocycles. The van der Waals surface area contributed by atoms with Crippen molar-refractivity contribution in [3.63, 3.8) is 0 Å². The molecule has 1 aromatic heterocycles. The van der Waals surface area contributed by atoms with Gasteiger partial charge in [-0.3, -0.25) is 4.79 Å². The molecule has 1 aliphatic rings. The molecule has 0 spiro atoms. The minimum atomic E-state index is -0.720. The van der Waals surface area contributed by atoms with Crippen molar-refractivity contribution in [2.75, 3.05) is 0 Å². The third kappa shape index (κ3) is 4.60. The minimum Gasteiger partial charge on any atom is -0.481 e. The van der Waals surface area contributed by atoms with Crippen LogP contribution < -0.4 is 0 Å². The zero-order valence-electron chi connectivity index (χ0n) is 14.7. The van der Waals surface area contributed by atoms with Crippen molar-refractivity contribution in [3.8, 4) is 11.4 Å². The fourth-order valence-corrected chi connectivity index (χ4v) is 4.12. The average Bonchev–Trinajstić information content (AvgIpc) is 2.63. The summed E-state index contributed by atoms with van der Waals surface area (Å²) in [5.74, 6) is 0.212. The molecular formula is C20H23BrN2O2S. The Bertz CT molecular complexity index is 846. The molecule has 1 heterocycles. The van der Waals surface area contributed by atoms with Crippen LogP contribution in [0.15, 0.2) is 28.7 Å². The van der Waals surface area contributed by atoms with Crippen LogP contribution in [0, 0.1) is 4.64 Å². The highest BCUT2D eigenvalue weighted by molar-refractivity contribution is 9.10. The maximum absolute atomic E-state index is 10.7. The lowest BCUT2D eigenvalue weighted by Crippen LogP contribution is -2.18. The van der Waals surface area contributed by atoms with E-state index in [0.717, 1.165) is 59.2 Å². The number of carbonyl (C=O) groups is 1. The fourth-order valence-electron chi connectivity index (χ4n) is 3.55. The number of carboxylic acid groups (broad SMARTS) is 1. The molecule has 0 bridgehead atoms. The molecule has 0 fully saturated rings. The van der Waals surface area contributed by atoms with Gasteiger partial charge in [0, 0.05) is 34.3 Å². The molecule has 1 N–H and O–H groups in total. The first-order valence-corrected chi connectivity index (χ1v) is 10.4. The number of aromatic nitrogens is 2. The lowest BCUT2D eigenvalue weighted by molar-refractivity contribution is -0.137. The summed E-state index contributed by atoms with van der Waals surface area (Å²) in [5, 5.41) is 8.80. The molecule has 1 aliphatic carbocycles. The van der Waals surface area contributed by atoms with Crippen molar-refractivity contribution in [2.24, 2.45) is 0 Å². The van der Waals surface area contributed by atoms with Crippen molar-refractivity contribution >= 4 is 34.1 Å². The molecule has 26 heavy (non-hydrogen) atoms. The third-order valence-corrected chi connectivity index (χ3v) is 5.73. The Morgan fingerprint density at radius 1 is 1.15 bits per heavy atom. The van der Waals surface area contributed by atoms with Crippen LogP contribution in [0.3, 0.4) is 0 Å². The van der Waals surface area contributed by atoms with E-state index in [4.69, 9.17) is 22.3 Å². The van der Waals surface area contributed by atoms with Crippen molar-refractivity contribution in [3.05, 3.63) is 44.6 Å². The van der Waals surface area contributed by atoms with Gasteiger partial charge in [0.2, 0.25) is 0 Å². The Labute approximate surface area is 167 Å². The molecule has 6 heteroatoms. The summed E-state index contributed by atoms with van der Waals surface area (Å²) in [4.78, 5) is 15.5. The number of aliphatic carboxylic acids is 1. The second-order valence-electron chi connectivity index (χ2n) is 6.74. The number of nitrogens with zero attached hydrogens (tertiary/aromatic N) is 2. The van der Waals surface area contributed by atoms with Crippen LogP contribution in [0.4, 0.5) is 0 Å². The maximum atomic E-state index is 10.7. The topological polar surface area (TPSA) is 55.1 Å². The fraction of sp³-hybridized carbons (Fsp3) is 0.450. The normalized spacial score (nSPS) is 13.4. The summed E-state index contributed by atoms with van der Waals surface area (Å²) >= 11 is 9.08. The smallest absolute Gasteiger partial charge is 0.303 e. The third-order valence-electron chi connectivity index (χ3n) is 4.86. The van der Waals surface area contributed by atoms with Crippen molar-refractivity contribution in [1.29, 1.82) is 0 Å². The van der Waals surface area contributed by atoms with Gasteiger partial charge < -0.3 is 9.67 Å². The van der Waals surface area contributed by atoms with Gasteiger partial charge in [0.1, 0.15) is 10.5 Å². The minimum absolute atomic E-state index is 0.242. The largest absolute Gasteiger partial charge is 0.481 e. The SMILES string of the molecule is O=C(O)CCCCCn1c(-c2ccc(Br)cc2)nc(=S)c2c1CCCC2. The zero-order valence-corrected chi connectivity index (χ0v) is 17.1. The number of fused-ring (bicyclic) bond motifs is 1. The molecule has 3 rings (SSSR count). The molecule has 0 unspecified atom stereocenters. The highest BCUT2D eigenvalue weighted by Crippen LogP contribution is 2.28.